The zero-order valence-corrected chi connectivity index (χ0v) is 11.9. The van der Waals surface area contributed by atoms with E-state index in [-0.39, 0.29) is 11.4 Å². The molecule has 0 unspecified atom stereocenters. The van der Waals surface area contributed by atoms with Crippen LogP contribution in [0.2, 0.25) is 0 Å². The molecule has 3 rings (SSSR count). The molecule has 1 aromatic carbocycles. The van der Waals surface area contributed by atoms with Gasteiger partial charge in [-0.15, -0.1) is 11.3 Å². The van der Waals surface area contributed by atoms with Gasteiger partial charge in [0.2, 0.25) is 0 Å². The predicted molar refractivity (Wildman–Crippen MR) is 79.7 cm³/mol. The number of hydrogen-bond donors (Lipinski definition) is 1. The number of amides is 1. The molecule has 7 heteroatoms. The van der Waals surface area contributed by atoms with Crippen LogP contribution in [0.1, 0.15) is 10.5 Å². The second-order valence-electron chi connectivity index (χ2n) is 4.34. The summed E-state index contributed by atoms with van der Waals surface area (Å²) in [6.07, 6.45) is 1.64. The molecule has 0 saturated carbocycles. The van der Waals surface area contributed by atoms with E-state index in [0.29, 0.717) is 10.7 Å². The van der Waals surface area contributed by atoms with E-state index in [1.54, 1.807) is 23.7 Å². The summed E-state index contributed by atoms with van der Waals surface area (Å²) >= 11 is 1.28. The van der Waals surface area contributed by atoms with Gasteiger partial charge < -0.3 is 5.32 Å². The molecule has 2 heterocycles. The predicted octanol–water partition coefficient (Wildman–Crippen LogP) is 3.74. The maximum atomic E-state index is 13.1. The number of thiazole rings is 1. The molecule has 110 valence electrons. The van der Waals surface area contributed by atoms with Gasteiger partial charge in [0, 0.05) is 23.3 Å². The minimum absolute atomic E-state index is 0.163. The quantitative estimate of drug-likeness (QED) is 0.800. The smallest absolute Gasteiger partial charge is 0.275 e. The zero-order chi connectivity index (χ0) is 15.5. The maximum Gasteiger partial charge on any atom is 0.275 e. The van der Waals surface area contributed by atoms with Gasteiger partial charge in [0.15, 0.2) is 11.6 Å². The van der Waals surface area contributed by atoms with Crippen molar-refractivity contribution >= 4 is 22.9 Å². The van der Waals surface area contributed by atoms with E-state index in [0.717, 1.165) is 12.1 Å². The van der Waals surface area contributed by atoms with Crippen LogP contribution in [-0.4, -0.2) is 15.9 Å². The Kier molecular flexibility index (Phi) is 3.88. The summed E-state index contributed by atoms with van der Waals surface area (Å²) in [6, 6.07) is 8.54. The van der Waals surface area contributed by atoms with E-state index in [9.17, 15) is 13.6 Å². The van der Waals surface area contributed by atoms with Gasteiger partial charge in [-0.1, -0.05) is 6.07 Å². The summed E-state index contributed by atoms with van der Waals surface area (Å²) in [5.41, 5.74) is 1.02. The molecule has 0 fully saturated rings. The van der Waals surface area contributed by atoms with E-state index in [1.807, 2.05) is 6.07 Å². The van der Waals surface area contributed by atoms with Crippen molar-refractivity contribution < 1.29 is 13.6 Å². The lowest BCUT2D eigenvalue weighted by molar-refractivity contribution is 0.102. The SMILES string of the molecule is O=C(Nc1ccc(F)c(F)c1)c1csc(-c2ccccn2)n1. The molecule has 0 spiro atoms. The highest BCUT2D eigenvalue weighted by molar-refractivity contribution is 7.13. The van der Waals surface area contributed by atoms with Crippen LogP contribution in [0.25, 0.3) is 10.7 Å². The van der Waals surface area contributed by atoms with Gasteiger partial charge in [-0.3, -0.25) is 9.78 Å². The monoisotopic (exact) mass is 317 g/mol. The highest BCUT2D eigenvalue weighted by Gasteiger charge is 2.13. The maximum absolute atomic E-state index is 13.1. The number of anilines is 1. The molecule has 3 aromatic rings. The summed E-state index contributed by atoms with van der Waals surface area (Å²) in [5, 5.41) is 4.66. The van der Waals surface area contributed by atoms with Crippen LogP contribution in [0, 0.1) is 11.6 Å². The van der Waals surface area contributed by atoms with Crippen LogP contribution < -0.4 is 5.32 Å². The number of aromatic nitrogens is 2. The summed E-state index contributed by atoms with van der Waals surface area (Å²) in [6.45, 7) is 0. The molecule has 0 atom stereocenters. The number of rotatable bonds is 3. The first kappa shape index (κ1) is 14.3. The van der Waals surface area contributed by atoms with Crippen molar-refractivity contribution in [2.45, 2.75) is 0 Å². The lowest BCUT2D eigenvalue weighted by Gasteiger charge is -2.03. The molecule has 2 aromatic heterocycles. The average Bonchev–Trinajstić information content (AvgIpc) is 3.02. The summed E-state index contributed by atoms with van der Waals surface area (Å²) in [7, 11) is 0. The van der Waals surface area contributed by atoms with Crippen molar-refractivity contribution in [2.75, 3.05) is 5.32 Å². The molecule has 1 N–H and O–H groups in total. The average molecular weight is 317 g/mol. The van der Waals surface area contributed by atoms with Crippen LogP contribution in [0.5, 0.6) is 0 Å². The van der Waals surface area contributed by atoms with Crippen LogP contribution in [0.15, 0.2) is 48.0 Å². The van der Waals surface area contributed by atoms with Crippen molar-refractivity contribution in [1.29, 1.82) is 0 Å². The number of nitrogens with one attached hydrogen (secondary N) is 1. The minimum Gasteiger partial charge on any atom is -0.321 e. The van der Waals surface area contributed by atoms with E-state index in [4.69, 9.17) is 0 Å². The second-order valence-corrected chi connectivity index (χ2v) is 5.19. The number of carbonyl (C=O) groups is 1. The van der Waals surface area contributed by atoms with Crippen molar-refractivity contribution in [2.24, 2.45) is 0 Å². The third-order valence-corrected chi connectivity index (χ3v) is 3.66. The van der Waals surface area contributed by atoms with E-state index in [1.165, 1.54) is 17.4 Å². The molecule has 4 nitrogen and oxygen atoms in total. The molecule has 0 saturated heterocycles. The Morgan fingerprint density at radius 3 is 2.73 bits per heavy atom. The summed E-state index contributed by atoms with van der Waals surface area (Å²) < 4.78 is 26.0. The van der Waals surface area contributed by atoms with Crippen LogP contribution >= 0.6 is 11.3 Å². The summed E-state index contributed by atoms with van der Waals surface area (Å²) in [4.78, 5) is 20.4. The lowest BCUT2D eigenvalue weighted by atomic mass is 10.3. The first-order valence-corrected chi connectivity index (χ1v) is 7.15. The van der Waals surface area contributed by atoms with Gasteiger partial charge >= 0.3 is 0 Å². The highest BCUT2D eigenvalue weighted by Crippen LogP contribution is 2.22. The molecule has 0 radical (unpaired) electrons. The van der Waals surface area contributed by atoms with Gasteiger partial charge in [0.1, 0.15) is 10.7 Å². The van der Waals surface area contributed by atoms with E-state index >= 15 is 0 Å². The molecule has 1 amide bonds. The fourth-order valence-electron chi connectivity index (χ4n) is 1.75. The Hall–Kier alpha value is -2.67. The zero-order valence-electron chi connectivity index (χ0n) is 11.1. The Morgan fingerprint density at radius 1 is 1.14 bits per heavy atom. The Bertz CT molecular complexity index is 821. The number of halogens is 2. The van der Waals surface area contributed by atoms with Crippen molar-refractivity contribution in [3.8, 4) is 10.7 Å². The molecule has 0 aliphatic carbocycles. The first-order valence-electron chi connectivity index (χ1n) is 6.27. The fourth-order valence-corrected chi connectivity index (χ4v) is 2.53. The number of carbonyl (C=O) groups excluding carboxylic acids is 1. The van der Waals surface area contributed by atoms with Gasteiger partial charge in [-0.05, 0) is 24.3 Å². The molecule has 22 heavy (non-hydrogen) atoms. The Labute approximate surface area is 128 Å². The van der Waals surface area contributed by atoms with Gasteiger partial charge in [0.05, 0.1) is 5.69 Å². The number of pyridine rings is 1. The van der Waals surface area contributed by atoms with Crippen molar-refractivity contribution in [3.63, 3.8) is 0 Å². The van der Waals surface area contributed by atoms with Crippen molar-refractivity contribution in [1.82, 2.24) is 9.97 Å². The van der Waals surface area contributed by atoms with Gasteiger partial charge in [-0.2, -0.15) is 0 Å². The van der Waals surface area contributed by atoms with Crippen LogP contribution in [-0.2, 0) is 0 Å². The Morgan fingerprint density at radius 2 is 2.00 bits per heavy atom. The molecular formula is C15H9F2N3OS. The van der Waals surface area contributed by atoms with Crippen molar-refractivity contribution in [3.05, 3.63) is 65.3 Å². The van der Waals surface area contributed by atoms with E-state index < -0.39 is 17.5 Å². The second kappa shape index (κ2) is 5.98. The largest absolute Gasteiger partial charge is 0.321 e. The fraction of sp³-hybridized carbons (Fsp3) is 0. The lowest BCUT2D eigenvalue weighted by Crippen LogP contribution is -2.12. The Balaban J connectivity index is 1.78. The first-order chi connectivity index (χ1) is 10.6. The molecule has 0 bridgehead atoms. The molecule has 0 aliphatic rings. The standard InChI is InChI=1S/C15H9F2N3OS/c16-10-5-4-9(7-11(10)17)19-14(21)13-8-22-15(20-13)12-3-1-2-6-18-12/h1-8H,(H,19,21). The topological polar surface area (TPSA) is 54.9 Å². The van der Waals surface area contributed by atoms with Crippen LogP contribution in [0.4, 0.5) is 14.5 Å². The highest BCUT2D eigenvalue weighted by atomic mass is 32.1. The normalized spacial score (nSPS) is 10.5. The van der Waals surface area contributed by atoms with E-state index in [2.05, 4.69) is 15.3 Å². The third kappa shape index (κ3) is 2.99. The van der Waals surface area contributed by atoms with Gasteiger partial charge in [0.25, 0.3) is 5.91 Å². The molecular weight excluding hydrogens is 308 g/mol. The third-order valence-electron chi connectivity index (χ3n) is 2.80. The van der Waals surface area contributed by atoms with Crippen LogP contribution in [0.3, 0.4) is 0 Å². The number of hydrogen-bond acceptors (Lipinski definition) is 4. The number of benzene rings is 1. The summed E-state index contributed by atoms with van der Waals surface area (Å²) in [5.74, 6) is -2.49. The number of nitrogens with zero attached hydrogens (tertiary/aromatic N) is 2. The minimum atomic E-state index is -1.02. The molecule has 0 aliphatic heterocycles. The van der Waals surface area contributed by atoms with Gasteiger partial charge in [-0.25, -0.2) is 13.8 Å².